The predicted octanol–water partition coefficient (Wildman–Crippen LogP) is 2.22. The van der Waals surface area contributed by atoms with Gasteiger partial charge in [-0.2, -0.15) is 4.98 Å². The third-order valence-corrected chi connectivity index (χ3v) is 2.58. The van der Waals surface area contributed by atoms with E-state index in [1.54, 1.807) is 24.3 Å². The van der Waals surface area contributed by atoms with Crippen LogP contribution in [0.15, 0.2) is 28.8 Å². The number of carbonyl (C=O) groups excluding carboxylic acids is 1. The molecule has 0 unspecified atom stereocenters. The SMILES string of the molecule is CCc1nc(CNC(=O)c2ccc(Cl)cc2)no1. The molecule has 0 radical (unpaired) electrons. The molecule has 0 aliphatic rings. The fourth-order valence-corrected chi connectivity index (χ4v) is 1.49. The van der Waals surface area contributed by atoms with E-state index in [0.717, 1.165) is 0 Å². The molecule has 2 rings (SSSR count). The highest BCUT2D eigenvalue weighted by Crippen LogP contribution is 2.09. The van der Waals surface area contributed by atoms with E-state index in [1.807, 2.05) is 6.92 Å². The van der Waals surface area contributed by atoms with Crippen molar-refractivity contribution in [3.8, 4) is 0 Å². The van der Waals surface area contributed by atoms with E-state index in [-0.39, 0.29) is 12.5 Å². The number of rotatable bonds is 4. The van der Waals surface area contributed by atoms with Crippen LogP contribution in [0.4, 0.5) is 0 Å². The molecule has 2 aromatic rings. The zero-order valence-electron chi connectivity index (χ0n) is 9.81. The maximum atomic E-state index is 11.8. The molecule has 0 atom stereocenters. The van der Waals surface area contributed by atoms with Gasteiger partial charge in [-0.3, -0.25) is 4.79 Å². The monoisotopic (exact) mass is 265 g/mol. The number of nitrogens with one attached hydrogen (secondary N) is 1. The van der Waals surface area contributed by atoms with E-state index in [1.165, 1.54) is 0 Å². The highest BCUT2D eigenvalue weighted by molar-refractivity contribution is 6.30. The molecule has 0 aliphatic carbocycles. The number of halogens is 1. The molecule has 1 aromatic carbocycles. The number of benzene rings is 1. The molecule has 1 N–H and O–H groups in total. The smallest absolute Gasteiger partial charge is 0.251 e. The van der Waals surface area contributed by atoms with Crippen LogP contribution in [-0.4, -0.2) is 16.0 Å². The summed E-state index contributed by atoms with van der Waals surface area (Å²) in [6.45, 7) is 2.16. The van der Waals surface area contributed by atoms with Crippen molar-refractivity contribution in [2.75, 3.05) is 0 Å². The molecule has 18 heavy (non-hydrogen) atoms. The Labute approximate surface area is 109 Å². The lowest BCUT2D eigenvalue weighted by molar-refractivity contribution is 0.0949. The minimum atomic E-state index is -0.200. The average Bonchev–Trinajstić information content (AvgIpc) is 2.85. The molecule has 5 nitrogen and oxygen atoms in total. The van der Waals surface area contributed by atoms with Gasteiger partial charge in [0.25, 0.3) is 5.91 Å². The molecule has 0 aliphatic heterocycles. The van der Waals surface area contributed by atoms with Crippen LogP contribution in [0.25, 0.3) is 0 Å². The van der Waals surface area contributed by atoms with Crippen molar-refractivity contribution in [1.29, 1.82) is 0 Å². The van der Waals surface area contributed by atoms with Crippen molar-refractivity contribution >= 4 is 17.5 Å². The van der Waals surface area contributed by atoms with Gasteiger partial charge >= 0.3 is 0 Å². The van der Waals surface area contributed by atoms with Gasteiger partial charge in [0.2, 0.25) is 5.89 Å². The van der Waals surface area contributed by atoms with Crippen molar-refractivity contribution in [2.45, 2.75) is 19.9 Å². The lowest BCUT2D eigenvalue weighted by Crippen LogP contribution is -2.23. The number of nitrogens with zero attached hydrogens (tertiary/aromatic N) is 2. The van der Waals surface area contributed by atoms with E-state index in [0.29, 0.717) is 28.7 Å². The summed E-state index contributed by atoms with van der Waals surface area (Å²) in [5, 5.41) is 7.04. The Hall–Kier alpha value is -1.88. The molecular formula is C12H12ClN3O2. The maximum Gasteiger partial charge on any atom is 0.251 e. The maximum absolute atomic E-state index is 11.8. The summed E-state index contributed by atoms with van der Waals surface area (Å²) >= 11 is 5.74. The first-order valence-corrected chi connectivity index (χ1v) is 5.92. The van der Waals surface area contributed by atoms with Gasteiger partial charge < -0.3 is 9.84 Å². The number of amides is 1. The summed E-state index contributed by atoms with van der Waals surface area (Å²) in [4.78, 5) is 15.9. The van der Waals surface area contributed by atoms with Crippen LogP contribution in [0, 0.1) is 0 Å². The van der Waals surface area contributed by atoms with Crippen molar-refractivity contribution in [1.82, 2.24) is 15.5 Å². The highest BCUT2D eigenvalue weighted by atomic mass is 35.5. The number of aromatic nitrogens is 2. The summed E-state index contributed by atoms with van der Waals surface area (Å²) in [5.41, 5.74) is 0.540. The summed E-state index contributed by atoms with van der Waals surface area (Å²) in [7, 11) is 0. The first kappa shape index (κ1) is 12.6. The Morgan fingerprint density at radius 1 is 1.39 bits per heavy atom. The van der Waals surface area contributed by atoms with E-state index in [9.17, 15) is 4.79 Å². The van der Waals surface area contributed by atoms with Gasteiger partial charge in [0.1, 0.15) is 0 Å². The molecule has 0 spiro atoms. The fraction of sp³-hybridized carbons (Fsp3) is 0.250. The van der Waals surface area contributed by atoms with Crippen molar-refractivity contribution < 1.29 is 9.32 Å². The largest absolute Gasteiger partial charge is 0.345 e. The van der Waals surface area contributed by atoms with Crippen LogP contribution in [-0.2, 0) is 13.0 Å². The van der Waals surface area contributed by atoms with Crippen LogP contribution in [0.5, 0.6) is 0 Å². The topological polar surface area (TPSA) is 68.0 Å². The van der Waals surface area contributed by atoms with Crippen LogP contribution in [0.3, 0.4) is 0 Å². The Morgan fingerprint density at radius 3 is 2.72 bits per heavy atom. The lowest BCUT2D eigenvalue weighted by Gasteiger charge is -2.02. The molecular weight excluding hydrogens is 254 g/mol. The second-order valence-electron chi connectivity index (χ2n) is 3.65. The first-order valence-electron chi connectivity index (χ1n) is 5.54. The molecule has 0 saturated carbocycles. The number of carbonyl (C=O) groups is 1. The number of hydrogen-bond donors (Lipinski definition) is 1. The molecule has 0 bridgehead atoms. The van der Waals surface area contributed by atoms with Gasteiger partial charge in [0.15, 0.2) is 5.82 Å². The van der Waals surface area contributed by atoms with Gasteiger partial charge in [-0.15, -0.1) is 0 Å². The van der Waals surface area contributed by atoms with Gasteiger partial charge in [0, 0.05) is 17.0 Å². The van der Waals surface area contributed by atoms with Crippen LogP contribution in [0.2, 0.25) is 5.02 Å². The van der Waals surface area contributed by atoms with E-state index in [4.69, 9.17) is 16.1 Å². The molecule has 1 aromatic heterocycles. The van der Waals surface area contributed by atoms with Gasteiger partial charge in [-0.05, 0) is 24.3 Å². The summed E-state index contributed by atoms with van der Waals surface area (Å²) in [6, 6.07) is 6.65. The third-order valence-electron chi connectivity index (χ3n) is 2.33. The Morgan fingerprint density at radius 2 is 2.11 bits per heavy atom. The zero-order valence-corrected chi connectivity index (χ0v) is 10.6. The lowest BCUT2D eigenvalue weighted by atomic mass is 10.2. The van der Waals surface area contributed by atoms with Crippen LogP contribution >= 0.6 is 11.6 Å². The van der Waals surface area contributed by atoms with E-state index >= 15 is 0 Å². The summed E-state index contributed by atoms with van der Waals surface area (Å²) < 4.78 is 4.94. The third kappa shape index (κ3) is 3.07. The number of aryl methyl sites for hydroxylation is 1. The van der Waals surface area contributed by atoms with Gasteiger partial charge in [0.05, 0.1) is 6.54 Å². The van der Waals surface area contributed by atoms with Gasteiger partial charge in [-0.25, -0.2) is 0 Å². The zero-order chi connectivity index (χ0) is 13.0. The molecule has 94 valence electrons. The second-order valence-corrected chi connectivity index (χ2v) is 4.08. The molecule has 0 fully saturated rings. The molecule has 6 heteroatoms. The quantitative estimate of drug-likeness (QED) is 0.920. The Bertz CT molecular complexity index is 537. The standard InChI is InChI=1S/C12H12ClN3O2/c1-2-11-15-10(16-18-11)7-14-12(17)8-3-5-9(13)6-4-8/h3-6H,2,7H2,1H3,(H,14,17). The normalized spacial score (nSPS) is 10.3. The summed E-state index contributed by atoms with van der Waals surface area (Å²) in [5.74, 6) is 0.828. The predicted molar refractivity (Wildman–Crippen MR) is 66.3 cm³/mol. The van der Waals surface area contributed by atoms with E-state index in [2.05, 4.69) is 15.5 Å². The molecule has 1 amide bonds. The second kappa shape index (κ2) is 5.64. The average molecular weight is 266 g/mol. The fourth-order valence-electron chi connectivity index (χ4n) is 1.37. The highest BCUT2D eigenvalue weighted by Gasteiger charge is 2.08. The van der Waals surface area contributed by atoms with Crippen molar-refractivity contribution in [3.05, 3.63) is 46.6 Å². The first-order chi connectivity index (χ1) is 8.69. The van der Waals surface area contributed by atoms with E-state index < -0.39 is 0 Å². The number of hydrogen-bond acceptors (Lipinski definition) is 4. The minimum Gasteiger partial charge on any atom is -0.345 e. The Balaban J connectivity index is 1.93. The minimum absolute atomic E-state index is 0.200. The molecule has 0 saturated heterocycles. The Kier molecular flexibility index (Phi) is 3.94. The molecule has 1 heterocycles. The van der Waals surface area contributed by atoms with Crippen LogP contribution < -0.4 is 5.32 Å². The summed E-state index contributed by atoms with van der Waals surface area (Å²) in [6.07, 6.45) is 0.679. The van der Waals surface area contributed by atoms with Crippen molar-refractivity contribution in [3.63, 3.8) is 0 Å². The van der Waals surface area contributed by atoms with Crippen LogP contribution in [0.1, 0.15) is 29.0 Å². The van der Waals surface area contributed by atoms with Crippen molar-refractivity contribution in [2.24, 2.45) is 0 Å². The van der Waals surface area contributed by atoms with Gasteiger partial charge in [-0.1, -0.05) is 23.7 Å².